The lowest BCUT2D eigenvalue weighted by Crippen LogP contribution is -2.32. The number of rotatable bonds is 5. The molecule has 1 aromatic heterocycles. The first-order valence-corrected chi connectivity index (χ1v) is 10.4. The van der Waals surface area contributed by atoms with Gasteiger partial charge in [-0.15, -0.1) is 11.3 Å². The number of nitro benzene ring substituents is 1. The van der Waals surface area contributed by atoms with E-state index in [4.69, 9.17) is 23.2 Å². The van der Waals surface area contributed by atoms with Gasteiger partial charge in [-0.05, 0) is 24.3 Å². The van der Waals surface area contributed by atoms with Gasteiger partial charge in [-0.1, -0.05) is 26.9 Å². The molecule has 1 aromatic carbocycles. The highest BCUT2D eigenvalue weighted by atomic mass is 35.5. The van der Waals surface area contributed by atoms with Gasteiger partial charge in [0.05, 0.1) is 14.2 Å². The van der Waals surface area contributed by atoms with Crippen molar-refractivity contribution in [3.63, 3.8) is 0 Å². The largest absolute Gasteiger partial charge is 0.289 e. The molecule has 0 fully saturated rings. The van der Waals surface area contributed by atoms with Crippen LogP contribution in [0.5, 0.6) is 0 Å². The van der Waals surface area contributed by atoms with Gasteiger partial charge in [0.15, 0.2) is 0 Å². The summed E-state index contributed by atoms with van der Waals surface area (Å²) in [7, 11) is -8.12. The molecular formula is C11H8Cl2N2O6S3. The van der Waals surface area contributed by atoms with E-state index < -0.39 is 35.6 Å². The predicted molar refractivity (Wildman–Crippen MR) is 89.6 cm³/mol. The van der Waals surface area contributed by atoms with Gasteiger partial charge in [0, 0.05) is 13.1 Å². The number of halogens is 2. The molecule has 1 heterocycles. The highest BCUT2D eigenvalue weighted by Gasteiger charge is 2.35. The van der Waals surface area contributed by atoms with Gasteiger partial charge in [0.1, 0.15) is 9.23 Å². The van der Waals surface area contributed by atoms with Crippen molar-refractivity contribution in [1.29, 1.82) is 0 Å². The molecule has 0 bridgehead atoms. The second kappa shape index (κ2) is 6.58. The molecule has 8 nitrogen and oxygen atoms in total. The van der Waals surface area contributed by atoms with Crippen LogP contribution in [-0.2, 0) is 20.0 Å². The Balaban J connectivity index is 2.54. The maximum absolute atomic E-state index is 12.5. The van der Waals surface area contributed by atoms with Crippen molar-refractivity contribution in [2.45, 2.75) is 9.10 Å². The standard InChI is InChI=1S/C11H8Cl2N2O6S3/c1-14(24(20,21)11-5-4-10(13)22-11)23(18,19)7-2-3-8(12)9(6-7)15(16)17/h2-6H,1H3. The van der Waals surface area contributed by atoms with E-state index in [2.05, 4.69) is 0 Å². The second-order valence-corrected chi connectivity index (χ2v) is 10.8. The Kier molecular flexibility index (Phi) is 5.23. The summed E-state index contributed by atoms with van der Waals surface area (Å²) in [6.45, 7) is 0. The van der Waals surface area contributed by atoms with Crippen molar-refractivity contribution in [2.75, 3.05) is 7.05 Å². The first kappa shape index (κ1) is 19.1. The van der Waals surface area contributed by atoms with Crippen LogP contribution in [-0.4, -0.2) is 32.5 Å². The molecule has 2 aromatic rings. The normalized spacial score (nSPS) is 12.5. The van der Waals surface area contributed by atoms with Crippen LogP contribution in [0, 0.1) is 10.1 Å². The monoisotopic (exact) mass is 430 g/mol. The van der Waals surface area contributed by atoms with E-state index in [0.29, 0.717) is 17.4 Å². The van der Waals surface area contributed by atoms with Gasteiger partial charge < -0.3 is 0 Å². The van der Waals surface area contributed by atoms with Crippen LogP contribution in [0.25, 0.3) is 0 Å². The van der Waals surface area contributed by atoms with Crippen molar-refractivity contribution in [1.82, 2.24) is 3.71 Å². The van der Waals surface area contributed by atoms with Crippen LogP contribution in [0.3, 0.4) is 0 Å². The average Bonchev–Trinajstić information content (AvgIpc) is 2.93. The average molecular weight is 431 g/mol. The number of nitro groups is 1. The molecule has 13 heteroatoms. The van der Waals surface area contributed by atoms with Gasteiger partial charge in [0.25, 0.3) is 25.7 Å². The number of hydrogen-bond donors (Lipinski definition) is 0. The molecule has 0 spiro atoms. The molecule has 0 unspecified atom stereocenters. The fourth-order valence-corrected chi connectivity index (χ4v) is 6.72. The quantitative estimate of drug-likeness (QED) is 0.531. The minimum atomic E-state index is -4.56. The van der Waals surface area contributed by atoms with Gasteiger partial charge in [-0.2, -0.15) is 0 Å². The highest BCUT2D eigenvalue weighted by molar-refractivity contribution is 8.04. The SMILES string of the molecule is CN(S(=O)(=O)c1ccc(Cl)c([N+](=O)[O-])c1)S(=O)(=O)c1ccc(Cl)s1. The van der Waals surface area contributed by atoms with Crippen LogP contribution in [0.2, 0.25) is 9.36 Å². The smallest absolute Gasteiger partial charge is 0.258 e. The molecule has 2 rings (SSSR count). The summed E-state index contributed by atoms with van der Waals surface area (Å²) in [5.41, 5.74) is -0.650. The first-order valence-electron chi connectivity index (χ1n) is 5.91. The third-order valence-corrected chi connectivity index (χ3v) is 9.14. The van der Waals surface area contributed by atoms with Crippen LogP contribution in [0.1, 0.15) is 0 Å². The molecule has 0 aliphatic rings. The number of nitrogens with zero attached hydrogens (tertiary/aromatic N) is 2. The summed E-state index contributed by atoms with van der Waals surface area (Å²) >= 11 is 12.0. The van der Waals surface area contributed by atoms with E-state index >= 15 is 0 Å². The Labute approximate surface area is 151 Å². The zero-order valence-corrected chi connectivity index (χ0v) is 15.7. The van der Waals surface area contributed by atoms with Crippen molar-refractivity contribution < 1.29 is 21.8 Å². The number of benzene rings is 1. The molecule has 0 saturated carbocycles. The summed E-state index contributed by atoms with van der Waals surface area (Å²) in [5.74, 6) is 0. The fraction of sp³-hybridized carbons (Fsp3) is 0.0909. The Morgan fingerprint density at radius 1 is 1.08 bits per heavy atom. The molecular weight excluding hydrogens is 423 g/mol. The molecule has 0 radical (unpaired) electrons. The first-order chi connectivity index (χ1) is 11.0. The van der Waals surface area contributed by atoms with E-state index in [1.54, 1.807) is 0 Å². The lowest BCUT2D eigenvalue weighted by molar-refractivity contribution is -0.384. The summed E-state index contributed by atoms with van der Waals surface area (Å²) in [6, 6.07) is 5.17. The Hall–Kier alpha value is -1.24. The van der Waals surface area contributed by atoms with E-state index in [1.165, 1.54) is 12.1 Å². The minimum Gasteiger partial charge on any atom is -0.258 e. The van der Waals surface area contributed by atoms with Gasteiger partial charge >= 0.3 is 0 Å². The third-order valence-electron chi connectivity index (χ3n) is 2.89. The van der Waals surface area contributed by atoms with Gasteiger partial charge in [-0.3, -0.25) is 10.1 Å². The number of hydrogen-bond acceptors (Lipinski definition) is 7. The zero-order valence-electron chi connectivity index (χ0n) is 11.7. The summed E-state index contributed by atoms with van der Waals surface area (Å²) in [4.78, 5) is 9.43. The Bertz CT molecular complexity index is 1020. The number of thiophene rings is 1. The summed E-state index contributed by atoms with van der Waals surface area (Å²) in [5, 5.41) is 10.6. The van der Waals surface area contributed by atoms with Crippen molar-refractivity contribution >= 4 is 60.3 Å². The molecule has 0 aliphatic carbocycles. The summed E-state index contributed by atoms with van der Waals surface area (Å²) < 4.78 is 49.8. The van der Waals surface area contributed by atoms with E-state index in [0.717, 1.165) is 19.2 Å². The van der Waals surface area contributed by atoms with E-state index in [-0.39, 0.29) is 17.3 Å². The fourth-order valence-electron chi connectivity index (χ4n) is 1.63. The lowest BCUT2D eigenvalue weighted by Gasteiger charge is -2.16. The maximum atomic E-state index is 12.5. The Morgan fingerprint density at radius 2 is 1.71 bits per heavy atom. The molecule has 0 N–H and O–H groups in total. The van der Waals surface area contributed by atoms with Crippen molar-refractivity contribution in [2.24, 2.45) is 0 Å². The molecule has 0 atom stereocenters. The van der Waals surface area contributed by atoms with Crippen molar-refractivity contribution in [3.8, 4) is 0 Å². The molecule has 0 aliphatic heterocycles. The second-order valence-electron chi connectivity index (χ2n) is 4.32. The molecule has 0 amide bonds. The van der Waals surface area contributed by atoms with Crippen LogP contribution in [0.4, 0.5) is 5.69 Å². The predicted octanol–water partition coefficient (Wildman–Crippen LogP) is 2.97. The van der Waals surface area contributed by atoms with E-state index in [1.807, 2.05) is 0 Å². The summed E-state index contributed by atoms with van der Waals surface area (Å²) in [6.07, 6.45) is 0. The number of sulfonamides is 2. The molecule has 0 saturated heterocycles. The lowest BCUT2D eigenvalue weighted by atomic mass is 10.3. The van der Waals surface area contributed by atoms with Gasteiger partial charge in [0.2, 0.25) is 0 Å². The molecule has 24 heavy (non-hydrogen) atoms. The van der Waals surface area contributed by atoms with Crippen LogP contribution in [0.15, 0.2) is 39.4 Å². The van der Waals surface area contributed by atoms with Crippen LogP contribution < -0.4 is 0 Å². The van der Waals surface area contributed by atoms with Crippen molar-refractivity contribution in [3.05, 3.63) is 49.8 Å². The molecule has 130 valence electrons. The van der Waals surface area contributed by atoms with E-state index in [9.17, 15) is 26.9 Å². The van der Waals surface area contributed by atoms with Gasteiger partial charge in [-0.25, -0.2) is 16.8 Å². The topological polar surface area (TPSA) is 115 Å². The minimum absolute atomic E-state index is 0.134. The Morgan fingerprint density at radius 3 is 2.21 bits per heavy atom. The zero-order chi connectivity index (χ0) is 18.3. The van der Waals surface area contributed by atoms with Crippen LogP contribution >= 0.6 is 34.5 Å². The maximum Gasteiger partial charge on any atom is 0.289 e. The highest BCUT2D eigenvalue weighted by Crippen LogP contribution is 2.32. The third kappa shape index (κ3) is 3.41.